The molecule has 15 heteroatoms. The van der Waals surface area contributed by atoms with Crippen LogP contribution < -0.4 is 16.0 Å². The molecule has 0 saturated carbocycles. The largest absolute Gasteiger partial charge is 0.390 e. The zero-order valence-electron chi connectivity index (χ0n) is 28.7. The Morgan fingerprint density at radius 3 is 2.06 bits per heavy atom. The highest BCUT2D eigenvalue weighted by Crippen LogP contribution is 2.23. The molecule has 3 atom stereocenters. The predicted molar refractivity (Wildman–Crippen MR) is 184 cm³/mol. The number of aliphatic hydroxyl groups is 1. The van der Waals surface area contributed by atoms with E-state index in [-0.39, 0.29) is 42.6 Å². The highest BCUT2D eigenvalue weighted by molar-refractivity contribution is 7.89. The number of nitro benzene ring substituents is 1. The molecule has 3 aromatic carbocycles. The first-order valence-electron chi connectivity index (χ1n) is 16.1. The van der Waals surface area contributed by atoms with Crippen LogP contribution in [0.25, 0.3) is 0 Å². The SMILES string of the molecule is CC(C)CN(CC(O)C(Cc1ccccc1)NC(=O)C(NC(=O)CNCc1cc(F)cc(F)c1)C(C)(C)C)S(=O)(=O)c1ccc([N+](=O)[O-])cc1. The molecule has 0 fully saturated rings. The lowest BCUT2D eigenvalue weighted by Gasteiger charge is -2.34. The van der Waals surface area contributed by atoms with Crippen molar-refractivity contribution in [1.82, 2.24) is 20.3 Å². The Kier molecular flexibility index (Phi) is 14.1. The summed E-state index contributed by atoms with van der Waals surface area (Å²) in [6.45, 7) is 8.16. The molecule has 50 heavy (non-hydrogen) atoms. The first-order valence-corrected chi connectivity index (χ1v) is 17.5. The summed E-state index contributed by atoms with van der Waals surface area (Å²) < 4.78 is 55.6. The molecule has 272 valence electrons. The van der Waals surface area contributed by atoms with E-state index in [0.29, 0.717) is 5.56 Å². The van der Waals surface area contributed by atoms with Crippen LogP contribution in [0.1, 0.15) is 45.7 Å². The lowest BCUT2D eigenvalue weighted by atomic mass is 9.85. The van der Waals surface area contributed by atoms with Crippen molar-refractivity contribution < 1.29 is 36.8 Å². The fourth-order valence-electron chi connectivity index (χ4n) is 5.24. The zero-order valence-corrected chi connectivity index (χ0v) is 29.5. The van der Waals surface area contributed by atoms with E-state index in [1.165, 1.54) is 0 Å². The number of hydrogen-bond donors (Lipinski definition) is 4. The number of nitrogens with zero attached hydrogens (tertiary/aromatic N) is 2. The standard InChI is InChI=1S/C35H45F2N5O7S/c1-23(2)21-41(50(48,49)29-13-11-28(12-14-29)42(46)47)22-31(43)30(17-24-9-7-6-8-10-24)39-34(45)33(35(3,4)5)40-32(44)20-38-19-25-15-26(36)18-27(37)16-25/h6-16,18,23,30-31,33,38,43H,17,19-22H2,1-5H3,(H,39,45)(H,40,44). The highest BCUT2D eigenvalue weighted by atomic mass is 32.2. The predicted octanol–water partition coefficient (Wildman–Crippen LogP) is 3.93. The molecule has 0 bridgehead atoms. The van der Waals surface area contributed by atoms with Gasteiger partial charge in [0.2, 0.25) is 21.8 Å². The molecule has 12 nitrogen and oxygen atoms in total. The number of hydrogen-bond acceptors (Lipinski definition) is 8. The first-order chi connectivity index (χ1) is 23.4. The van der Waals surface area contributed by atoms with Gasteiger partial charge in [0.1, 0.15) is 17.7 Å². The van der Waals surface area contributed by atoms with Crippen molar-refractivity contribution in [1.29, 1.82) is 0 Å². The van der Waals surface area contributed by atoms with Crippen molar-refractivity contribution in [3.8, 4) is 0 Å². The summed E-state index contributed by atoms with van der Waals surface area (Å²) in [6.07, 6.45) is -1.30. The molecule has 0 aliphatic carbocycles. The zero-order chi connectivity index (χ0) is 37.2. The number of aliphatic hydroxyl groups excluding tert-OH is 1. The molecule has 3 rings (SSSR count). The Balaban J connectivity index is 1.82. The number of nitro groups is 1. The number of sulfonamides is 1. The third-order valence-corrected chi connectivity index (χ3v) is 9.55. The summed E-state index contributed by atoms with van der Waals surface area (Å²) >= 11 is 0. The lowest BCUT2D eigenvalue weighted by molar-refractivity contribution is -0.384. The van der Waals surface area contributed by atoms with Crippen LogP contribution in [0, 0.1) is 33.1 Å². The molecular weight excluding hydrogens is 672 g/mol. The molecule has 4 N–H and O–H groups in total. The van der Waals surface area contributed by atoms with E-state index < -0.39 is 68.5 Å². The molecule has 3 aromatic rings. The number of carbonyl (C=O) groups is 2. The Morgan fingerprint density at radius 1 is 0.920 bits per heavy atom. The number of halogens is 2. The molecule has 0 radical (unpaired) electrons. The smallest absolute Gasteiger partial charge is 0.269 e. The van der Waals surface area contributed by atoms with Crippen LogP contribution in [0.2, 0.25) is 0 Å². The maximum Gasteiger partial charge on any atom is 0.269 e. The maximum absolute atomic E-state index is 13.8. The van der Waals surface area contributed by atoms with Crippen LogP contribution in [0.3, 0.4) is 0 Å². The monoisotopic (exact) mass is 717 g/mol. The van der Waals surface area contributed by atoms with Gasteiger partial charge in [-0.1, -0.05) is 65.0 Å². The average Bonchev–Trinajstić information content (AvgIpc) is 3.02. The van der Waals surface area contributed by atoms with Crippen molar-refractivity contribution in [2.45, 2.75) is 70.7 Å². The van der Waals surface area contributed by atoms with E-state index in [9.17, 15) is 42.0 Å². The highest BCUT2D eigenvalue weighted by Gasteiger charge is 2.36. The number of amides is 2. The number of nitrogens with one attached hydrogen (secondary N) is 3. The minimum Gasteiger partial charge on any atom is -0.390 e. The normalized spacial score (nSPS) is 13.9. The minimum absolute atomic E-state index is 0.00448. The summed E-state index contributed by atoms with van der Waals surface area (Å²) in [4.78, 5) is 37.1. The second kappa shape index (κ2) is 17.6. The molecular formula is C35H45F2N5O7S. The molecule has 0 aromatic heterocycles. The average molecular weight is 718 g/mol. The van der Waals surface area contributed by atoms with E-state index in [0.717, 1.165) is 52.3 Å². The van der Waals surface area contributed by atoms with Crippen LogP contribution in [0.4, 0.5) is 14.5 Å². The van der Waals surface area contributed by atoms with Gasteiger partial charge in [0.25, 0.3) is 5.69 Å². The fraction of sp³-hybridized carbons (Fsp3) is 0.429. The van der Waals surface area contributed by atoms with Gasteiger partial charge in [-0.05, 0) is 53.1 Å². The van der Waals surface area contributed by atoms with Crippen LogP contribution in [0.5, 0.6) is 0 Å². The van der Waals surface area contributed by atoms with Gasteiger partial charge in [0, 0.05) is 37.8 Å². The molecule has 0 spiro atoms. The molecule has 0 heterocycles. The number of benzene rings is 3. The van der Waals surface area contributed by atoms with Gasteiger partial charge < -0.3 is 21.1 Å². The second-order valence-corrected chi connectivity index (χ2v) is 15.5. The summed E-state index contributed by atoms with van der Waals surface area (Å²) in [5.41, 5.74) is -0.0419. The van der Waals surface area contributed by atoms with Crippen molar-refractivity contribution in [3.05, 3.63) is 106 Å². The van der Waals surface area contributed by atoms with E-state index in [1.807, 2.05) is 0 Å². The van der Waals surface area contributed by atoms with Crippen molar-refractivity contribution in [2.75, 3.05) is 19.6 Å². The summed E-state index contributed by atoms with van der Waals surface area (Å²) in [6, 6.07) is 14.3. The van der Waals surface area contributed by atoms with Crippen LogP contribution in [-0.2, 0) is 32.6 Å². The third-order valence-electron chi connectivity index (χ3n) is 7.71. The van der Waals surface area contributed by atoms with E-state index >= 15 is 0 Å². The maximum atomic E-state index is 13.8. The van der Waals surface area contributed by atoms with E-state index in [4.69, 9.17) is 0 Å². The first kappa shape index (κ1) is 40.1. The summed E-state index contributed by atoms with van der Waals surface area (Å²) in [7, 11) is -4.23. The van der Waals surface area contributed by atoms with Gasteiger partial charge in [-0.3, -0.25) is 19.7 Å². The van der Waals surface area contributed by atoms with Crippen molar-refractivity contribution in [2.24, 2.45) is 11.3 Å². The molecule has 3 unspecified atom stereocenters. The lowest BCUT2D eigenvalue weighted by Crippen LogP contribution is -2.59. The Morgan fingerprint density at radius 2 is 1.52 bits per heavy atom. The quantitative estimate of drug-likeness (QED) is 0.120. The van der Waals surface area contributed by atoms with Gasteiger partial charge in [-0.25, -0.2) is 17.2 Å². The van der Waals surface area contributed by atoms with Crippen molar-refractivity contribution in [3.63, 3.8) is 0 Å². The van der Waals surface area contributed by atoms with E-state index in [1.54, 1.807) is 65.0 Å². The Labute approximate surface area is 291 Å². The van der Waals surface area contributed by atoms with Gasteiger partial charge in [-0.15, -0.1) is 0 Å². The van der Waals surface area contributed by atoms with Crippen LogP contribution in [-0.4, -0.2) is 72.4 Å². The van der Waals surface area contributed by atoms with Gasteiger partial charge in [0.15, 0.2) is 0 Å². The summed E-state index contributed by atoms with van der Waals surface area (Å²) in [5.74, 6) is -2.84. The Bertz CT molecular complexity index is 1700. The number of rotatable bonds is 17. The van der Waals surface area contributed by atoms with Crippen molar-refractivity contribution >= 4 is 27.5 Å². The molecule has 0 aliphatic rings. The Hall–Kier alpha value is -4.31. The topological polar surface area (TPSA) is 171 Å². The van der Waals surface area contributed by atoms with Gasteiger partial charge in [-0.2, -0.15) is 4.31 Å². The van der Waals surface area contributed by atoms with E-state index in [2.05, 4.69) is 16.0 Å². The number of non-ortho nitro benzene ring substituents is 1. The fourth-order valence-corrected chi connectivity index (χ4v) is 6.86. The molecule has 0 aliphatic heterocycles. The number of carbonyl (C=O) groups excluding carboxylic acids is 2. The van der Waals surface area contributed by atoms with Gasteiger partial charge in [0.05, 0.1) is 28.5 Å². The second-order valence-electron chi connectivity index (χ2n) is 13.6. The van der Waals surface area contributed by atoms with Gasteiger partial charge >= 0.3 is 0 Å². The molecule has 2 amide bonds. The third kappa shape index (κ3) is 11.9. The van der Waals surface area contributed by atoms with Crippen LogP contribution in [0.15, 0.2) is 77.7 Å². The minimum atomic E-state index is -4.23. The summed E-state index contributed by atoms with van der Waals surface area (Å²) in [5, 5.41) is 31.1. The molecule has 0 saturated heterocycles. The van der Waals surface area contributed by atoms with Crippen LogP contribution >= 0.6 is 0 Å².